The lowest BCUT2D eigenvalue weighted by Crippen LogP contribution is -3.11. The maximum absolute atomic E-state index is 11.4. The first-order valence-corrected chi connectivity index (χ1v) is 3.90. The number of carboxylic acid groups (broad SMARTS) is 1. The molecular formula is C7H13N3O4. The highest BCUT2D eigenvalue weighted by atomic mass is 16.5. The molecule has 14 heavy (non-hydrogen) atoms. The van der Waals surface area contributed by atoms with E-state index >= 15 is 0 Å². The largest absolute Gasteiger partial charge is 0.634 e. The first-order valence-electron chi connectivity index (χ1n) is 3.90. The van der Waals surface area contributed by atoms with E-state index in [0.717, 1.165) is 7.05 Å². The summed E-state index contributed by atoms with van der Waals surface area (Å²) in [5.74, 6) is -2.17. The third kappa shape index (κ3) is 3.11. The summed E-state index contributed by atoms with van der Waals surface area (Å²) in [6.45, 7) is 4.50. The quantitative estimate of drug-likeness (QED) is 0.254. The fourth-order valence-corrected chi connectivity index (χ4v) is 0.946. The van der Waals surface area contributed by atoms with Crippen molar-refractivity contribution >= 4 is 18.5 Å². The molecule has 0 aromatic rings. The monoisotopic (exact) mass is 203 g/mol. The lowest BCUT2D eigenvalue weighted by molar-refractivity contribution is -0.834. The van der Waals surface area contributed by atoms with Crippen molar-refractivity contribution in [1.29, 1.82) is 0 Å². The van der Waals surface area contributed by atoms with Crippen LogP contribution in [0.4, 0.5) is 0 Å². The molecule has 7 nitrogen and oxygen atoms in total. The van der Waals surface area contributed by atoms with Gasteiger partial charge in [-0.2, -0.15) is 5.10 Å². The summed E-state index contributed by atoms with van der Waals surface area (Å²) >= 11 is 0. The summed E-state index contributed by atoms with van der Waals surface area (Å²) in [5.41, 5.74) is 2.28. The lowest BCUT2D eigenvalue weighted by Gasteiger charge is -2.24. The minimum absolute atomic E-state index is 0.694. The number of hydrogen-bond acceptors (Lipinski definition) is 5. The first-order chi connectivity index (χ1) is 6.41. The summed E-state index contributed by atoms with van der Waals surface area (Å²) in [6, 6.07) is -2.46. The normalized spacial score (nSPS) is 16.5. The Balaban J connectivity index is 4.59. The van der Waals surface area contributed by atoms with Gasteiger partial charge in [-0.1, -0.05) is 0 Å². The van der Waals surface area contributed by atoms with Crippen molar-refractivity contribution in [1.82, 2.24) is 5.43 Å². The number of quaternary nitrogens is 1. The van der Waals surface area contributed by atoms with E-state index in [0.29, 0.717) is 0 Å². The van der Waals surface area contributed by atoms with Crippen molar-refractivity contribution in [2.24, 2.45) is 5.10 Å². The fourth-order valence-electron chi connectivity index (χ4n) is 0.946. The molecule has 0 spiro atoms. The number of nitrogens with zero attached hydrogens (tertiary/aromatic N) is 1. The summed E-state index contributed by atoms with van der Waals surface area (Å²) in [7, 11) is 1.06. The number of likely N-dealkylation sites (N-methyl/N-ethyl adjacent to an activating group) is 1. The van der Waals surface area contributed by atoms with Gasteiger partial charge in [0, 0.05) is 6.72 Å². The van der Waals surface area contributed by atoms with Gasteiger partial charge < -0.3 is 20.8 Å². The fraction of sp³-hybridized carbons (Fsp3) is 0.571. The number of carboxylic acids is 1. The zero-order valence-corrected chi connectivity index (χ0v) is 7.98. The van der Waals surface area contributed by atoms with Crippen LogP contribution < -0.4 is 10.5 Å². The number of hydrogen-bond donors (Lipinski definition) is 3. The summed E-state index contributed by atoms with van der Waals surface area (Å²) in [5, 5.41) is 22.0. The molecule has 0 heterocycles. The van der Waals surface area contributed by atoms with Crippen LogP contribution in [-0.4, -0.2) is 42.7 Å². The van der Waals surface area contributed by atoms with Gasteiger partial charge in [-0.05, 0) is 6.92 Å². The minimum atomic E-state index is -1.63. The van der Waals surface area contributed by atoms with E-state index < -0.39 is 28.9 Å². The topological polar surface area (TPSA) is 106 Å². The summed E-state index contributed by atoms with van der Waals surface area (Å²) < 4.78 is 0. The van der Waals surface area contributed by atoms with Gasteiger partial charge in [0.05, 0.1) is 7.05 Å². The average Bonchev–Trinajstić information content (AvgIpc) is 2.03. The molecule has 0 rings (SSSR count). The molecular weight excluding hydrogens is 190 g/mol. The molecule has 0 aromatic heterocycles. The van der Waals surface area contributed by atoms with E-state index in [9.17, 15) is 14.8 Å². The third-order valence-electron chi connectivity index (χ3n) is 1.65. The molecule has 0 bridgehead atoms. The zero-order chi connectivity index (χ0) is 11.3. The van der Waals surface area contributed by atoms with Gasteiger partial charge >= 0.3 is 5.97 Å². The molecule has 0 fully saturated rings. The van der Waals surface area contributed by atoms with Crippen molar-refractivity contribution in [2.75, 3.05) is 7.05 Å². The standard InChI is InChI=1S/C7H13N3O4/c1-4(9-8-2)6(11)5(7(12)13)10(3)14/h4-5,9-10H,2H2,1,3H3,(H,12,13). The van der Waals surface area contributed by atoms with Crippen LogP contribution in [0.25, 0.3) is 0 Å². The van der Waals surface area contributed by atoms with E-state index in [1.165, 1.54) is 6.92 Å². The van der Waals surface area contributed by atoms with Crippen LogP contribution in [0, 0.1) is 5.21 Å². The summed E-state index contributed by atoms with van der Waals surface area (Å²) in [4.78, 5) is 21.9. The van der Waals surface area contributed by atoms with Crippen LogP contribution in [0.2, 0.25) is 0 Å². The highest BCUT2D eigenvalue weighted by Crippen LogP contribution is 1.90. The molecule has 3 N–H and O–H groups in total. The van der Waals surface area contributed by atoms with E-state index in [1.54, 1.807) is 0 Å². The number of carbonyl (C=O) groups is 2. The Hall–Kier alpha value is -1.47. The van der Waals surface area contributed by atoms with Gasteiger partial charge in [0.2, 0.25) is 11.8 Å². The Morgan fingerprint density at radius 3 is 2.43 bits per heavy atom. The van der Waals surface area contributed by atoms with Crippen LogP contribution in [0.1, 0.15) is 6.92 Å². The predicted octanol–water partition coefficient (Wildman–Crippen LogP) is -2.39. The molecule has 3 unspecified atom stereocenters. The number of ketones is 1. The highest BCUT2D eigenvalue weighted by Gasteiger charge is 2.34. The highest BCUT2D eigenvalue weighted by molar-refractivity contribution is 6.03. The number of rotatable bonds is 6. The number of hydrazone groups is 1. The molecule has 3 atom stereocenters. The molecule has 0 saturated carbocycles. The number of Topliss-reactive ketones (excluding diaryl/α,β-unsaturated/α-hetero) is 1. The lowest BCUT2D eigenvalue weighted by atomic mass is 10.1. The predicted molar refractivity (Wildman–Crippen MR) is 48.8 cm³/mol. The van der Waals surface area contributed by atoms with Crippen LogP contribution in [-0.2, 0) is 9.59 Å². The molecule has 80 valence electrons. The molecule has 0 aliphatic heterocycles. The second kappa shape index (κ2) is 5.30. The van der Waals surface area contributed by atoms with Crippen molar-refractivity contribution in [3.05, 3.63) is 5.21 Å². The van der Waals surface area contributed by atoms with Crippen LogP contribution >= 0.6 is 0 Å². The maximum Gasteiger partial charge on any atom is 0.371 e. The number of hydroxylamine groups is 2. The Morgan fingerprint density at radius 1 is 1.64 bits per heavy atom. The Labute approximate surface area is 81.0 Å². The Bertz CT molecular complexity index is 241. The summed E-state index contributed by atoms with van der Waals surface area (Å²) in [6.07, 6.45) is 0. The molecule has 7 heteroatoms. The van der Waals surface area contributed by atoms with Crippen molar-refractivity contribution in [2.45, 2.75) is 19.0 Å². The minimum Gasteiger partial charge on any atom is -0.634 e. The molecule has 0 aliphatic carbocycles. The molecule has 0 amide bonds. The molecule has 0 aromatic carbocycles. The van der Waals surface area contributed by atoms with Crippen molar-refractivity contribution in [3.63, 3.8) is 0 Å². The Kier molecular flexibility index (Phi) is 4.74. The van der Waals surface area contributed by atoms with Gasteiger partial charge in [-0.25, -0.2) is 4.79 Å². The number of carbonyl (C=O) groups excluding carboxylic acids is 1. The number of aliphatic carboxylic acids is 1. The van der Waals surface area contributed by atoms with Gasteiger partial charge in [0.1, 0.15) is 6.04 Å². The maximum atomic E-state index is 11.4. The van der Waals surface area contributed by atoms with Gasteiger partial charge in [0.25, 0.3) is 0 Å². The second-order valence-corrected chi connectivity index (χ2v) is 2.79. The smallest absolute Gasteiger partial charge is 0.371 e. The van der Waals surface area contributed by atoms with E-state index in [4.69, 9.17) is 5.11 Å². The number of nitrogens with one attached hydrogen (secondary N) is 2. The Morgan fingerprint density at radius 2 is 2.14 bits per heavy atom. The van der Waals surface area contributed by atoms with Gasteiger partial charge in [-0.15, -0.1) is 0 Å². The van der Waals surface area contributed by atoms with Crippen molar-refractivity contribution < 1.29 is 19.8 Å². The SMILES string of the molecule is C=NNC(C)C(=O)C(C(=O)O)[NH+](C)[O-]. The second-order valence-electron chi connectivity index (χ2n) is 2.79. The van der Waals surface area contributed by atoms with Crippen LogP contribution in [0.5, 0.6) is 0 Å². The van der Waals surface area contributed by atoms with Gasteiger partial charge in [0.15, 0.2) is 0 Å². The first kappa shape index (κ1) is 12.5. The third-order valence-corrected chi connectivity index (χ3v) is 1.65. The molecule has 0 saturated heterocycles. The van der Waals surface area contributed by atoms with E-state index in [1.807, 2.05) is 0 Å². The molecule has 0 radical (unpaired) electrons. The molecule has 0 aliphatic rings. The van der Waals surface area contributed by atoms with Crippen LogP contribution in [0.15, 0.2) is 5.10 Å². The van der Waals surface area contributed by atoms with Crippen molar-refractivity contribution in [3.8, 4) is 0 Å². The van der Waals surface area contributed by atoms with E-state index in [2.05, 4.69) is 17.2 Å². The van der Waals surface area contributed by atoms with Gasteiger partial charge in [-0.3, -0.25) is 4.79 Å². The zero-order valence-electron chi connectivity index (χ0n) is 7.98. The average molecular weight is 203 g/mol. The van der Waals surface area contributed by atoms with E-state index in [-0.39, 0.29) is 0 Å². The van der Waals surface area contributed by atoms with Crippen LogP contribution in [0.3, 0.4) is 0 Å².